The van der Waals surface area contributed by atoms with Crippen LogP contribution < -0.4 is 4.90 Å². The van der Waals surface area contributed by atoms with Crippen LogP contribution in [0.2, 0.25) is 0 Å². The minimum absolute atomic E-state index is 0.0410. The van der Waals surface area contributed by atoms with Gasteiger partial charge in [0.1, 0.15) is 0 Å². The van der Waals surface area contributed by atoms with Gasteiger partial charge in [0.15, 0.2) is 0 Å². The topological polar surface area (TPSA) is 3.24 Å². The van der Waals surface area contributed by atoms with E-state index in [9.17, 15) is 0 Å². The zero-order valence-electron chi connectivity index (χ0n) is 31.7. The average molecular weight is 716 g/mol. The molecule has 0 bridgehead atoms. The lowest BCUT2D eigenvalue weighted by Crippen LogP contribution is -2.14. The standard InChI is InChI=1S/C55H41N/c1-55(2)51-20-10-8-18-50(51)54-49(19-12-21-52(54)55)43-31-35-47(36-32-43)56(46-33-29-41(30-34-46)45-28-25-39-15-6-7-16-44(39)37-45)53-22-11-9-17-48(53)42-26-23-40(24-27-42)38-13-4-3-5-14-38/h3-37H,1-2H3. The van der Waals surface area contributed by atoms with Gasteiger partial charge in [-0.25, -0.2) is 0 Å². The number of hydrogen-bond donors (Lipinski definition) is 0. The van der Waals surface area contributed by atoms with Crippen LogP contribution in [0.5, 0.6) is 0 Å². The number of anilines is 3. The van der Waals surface area contributed by atoms with E-state index in [0.717, 1.165) is 17.1 Å². The summed E-state index contributed by atoms with van der Waals surface area (Å²) >= 11 is 0. The maximum atomic E-state index is 2.40. The number of nitrogens with zero attached hydrogens (tertiary/aromatic N) is 1. The molecule has 9 aromatic rings. The van der Waals surface area contributed by atoms with Crippen molar-refractivity contribution in [1.29, 1.82) is 0 Å². The van der Waals surface area contributed by atoms with E-state index in [0.29, 0.717) is 0 Å². The van der Waals surface area contributed by atoms with E-state index in [1.807, 2.05) is 0 Å². The van der Waals surface area contributed by atoms with Crippen LogP contribution in [0, 0.1) is 0 Å². The molecule has 1 aliphatic carbocycles. The minimum Gasteiger partial charge on any atom is -0.310 e. The van der Waals surface area contributed by atoms with E-state index in [1.54, 1.807) is 0 Å². The molecular formula is C55H41N. The van der Waals surface area contributed by atoms with Gasteiger partial charge in [-0.2, -0.15) is 0 Å². The summed E-state index contributed by atoms with van der Waals surface area (Å²) in [6, 6.07) is 77.5. The summed E-state index contributed by atoms with van der Waals surface area (Å²) in [6.45, 7) is 4.70. The normalized spacial score (nSPS) is 12.6. The monoisotopic (exact) mass is 715 g/mol. The third kappa shape index (κ3) is 5.81. The van der Waals surface area contributed by atoms with Gasteiger partial charge in [0, 0.05) is 22.4 Å². The highest BCUT2D eigenvalue weighted by Gasteiger charge is 2.36. The van der Waals surface area contributed by atoms with Crippen LogP contribution in [-0.2, 0) is 5.41 Å². The molecule has 0 amide bonds. The fourth-order valence-corrected chi connectivity index (χ4v) is 8.77. The van der Waals surface area contributed by atoms with Gasteiger partial charge in [-0.05, 0) is 108 Å². The van der Waals surface area contributed by atoms with Crippen molar-refractivity contribution in [3.63, 3.8) is 0 Å². The summed E-state index contributed by atoms with van der Waals surface area (Å²) in [6.07, 6.45) is 0. The molecule has 1 heteroatoms. The van der Waals surface area contributed by atoms with Gasteiger partial charge in [0.25, 0.3) is 0 Å². The molecule has 0 spiro atoms. The Kier molecular flexibility index (Phi) is 8.23. The van der Waals surface area contributed by atoms with Crippen molar-refractivity contribution in [2.24, 2.45) is 0 Å². The molecule has 56 heavy (non-hydrogen) atoms. The Balaban J connectivity index is 1.08. The molecule has 0 N–H and O–H groups in total. The number of hydrogen-bond acceptors (Lipinski definition) is 1. The molecule has 9 aromatic carbocycles. The van der Waals surface area contributed by atoms with Crippen molar-refractivity contribution >= 4 is 27.8 Å². The quantitative estimate of drug-likeness (QED) is 0.159. The first-order chi connectivity index (χ1) is 27.5. The van der Waals surface area contributed by atoms with Crippen molar-refractivity contribution in [3.8, 4) is 55.6 Å². The van der Waals surface area contributed by atoms with Gasteiger partial charge in [0.05, 0.1) is 5.69 Å². The Labute approximate surface area is 329 Å². The maximum absolute atomic E-state index is 2.40. The van der Waals surface area contributed by atoms with Crippen molar-refractivity contribution in [3.05, 3.63) is 223 Å². The number of para-hydroxylation sites is 1. The Morgan fingerprint density at radius 3 is 1.55 bits per heavy atom. The lowest BCUT2D eigenvalue weighted by molar-refractivity contribution is 0.660. The first kappa shape index (κ1) is 33.6. The zero-order valence-corrected chi connectivity index (χ0v) is 31.7. The van der Waals surface area contributed by atoms with Gasteiger partial charge in [-0.3, -0.25) is 0 Å². The highest BCUT2D eigenvalue weighted by molar-refractivity contribution is 5.94. The highest BCUT2D eigenvalue weighted by atomic mass is 15.1. The molecule has 0 fully saturated rings. The third-order valence-electron chi connectivity index (χ3n) is 11.7. The van der Waals surface area contributed by atoms with Gasteiger partial charge < -0.3 is 4.90 Å². The Morgan fingerprint density at radius 1 is 0.321 bits per heavy atom. The van der Waals surface area contributed by atoms with E-state index >= 15 is 0 Å². The van der Waals surface area contributed by atoms with E-state index in [2.05, 4.69) is 231 Å². The molecule has 0 aromatic heterocycles. The van der Waals surface area contributed by atoms with Gasteiger partial charge in [-0.15, -0.1) is 0 Å². The lowest BCUT2D eigenvalue weighted by Gasteiger charge is -2.28. The Bertz CT molecular complexity index is 2850. The number of benzene rings is 9. The van der Waals surface area contributed by atoms with Gasteiger partial charge in [0.2, 0.25) is 0 Å². The molecule has 0 unspecified atom stereocenters. The molecule has 266 valence electrons. The smallest absolute Gasteiger partial charge is 0.0540 e. The summed E-state index contributed by atoms with van der Waals surface area (Å²) in [7, 11) is 0. The van der Waals surface area contributed by atoms with Crippen LogP contribution in [0.3, 0.4) is 0 Å². The van der Waals surface area contributed by atoms with Crippen LogP contribution in [0.1, 0.15) is 25.0 Å². The largest absolute Gasteiger partial charge is 0.310 e. The first-order valence-corrected chi connectivity index (χ1v) is 19.5. The van der Waals surface area contributed by atoms with Crippen molar-refractivity contribution in [2.45, 2.75) is 19.3 Å². The van der Waals surface area contributed by atoms with Crippen LogP contribution >= 0.6 is 0 Å². The van der Waals surface area contributed by atoms with Crippen molar-refractivity contribution < 1.29 is 0 Å². The van der Waals surface area contributed by atoms with Crippen molar-refractivity contribution in [2.75, 3.05) is 4.90 Å². The molecule has 1 aliphatic rings. The summed E-state index contributed by atoms with van der Waals surface area (Å²) in [5.41, 5.74) is 18.5. The van der Waals surface area contributed by atoms with Crippen LogP contribution in [0.4, 0.5) is 17.1 Å². The van der Waals surface area contributed by atoms with E-state index in [-0.39, 0.29) is 5.41 Å². The molecule has 0 heterocycles. The molecule has 0 saturated heterocycles. The third-order valence-corrected chi connectivity index (χ3v) is 11.7. The molecule has 0 radical (unpaired) electrons. The van der Waals surface area contributed by atoms with Gasteiger partial charge in [-0.1, -0.05) is 190 Å². The molecule has 0 saturated carbocycles. The summed E-state index contributed by atoms with van der Waals surface area (Å²) in [5, 5.41) is 2.50. The number of rotatable bonds is 7. The molecular weight excluding hydrogens is 675 g/mol. The van der Waals surface area contributed by atoms with E-state index in [1.165, 1.54) is 77.5 Å². The second-order valence-electron chi connectivity index (χ2n) is 15.4. The lowest BCUT2D eigenvalue weighted by atomic mass is 9.82. The molecule has 0 aliphatic heterocycles. The fraction of sp³-hybridized carbons (Fsp3) is 0.0545. The second-order valence-corrected chi connectivity index (χ2v) is 15.4. The van der Waals surface area contributed by atoms with Crippen LogP contribution in [-0.4, -0.2) is 0 Å². The summed E-state index contributed by atoms with van der Waals surface area (Å²) in [5.74, 6) is 0. The molecule has 1 nitrogen and oxygen atoms in total. The second kappa shape index (κ2) is 13.7. The highest BCUT2D eigenvalue weighted by Crippen LogP contribution is 2.52. The minimum atomic E-state index is -0.0410. The first-order valence-electron chi connectivity index (χ1n) is 19.5. The van der Waals surface area contributed by atoms with Crippen molar-refractivity contribution in [1.82, 2.24) is 0 Å². The molecule has 10 rings (SSSR count). The number of fused-ring (bicyclic) bond motifs is 4. The molecule has 0 atom stereocenters. The summed E-state index contributed by atoms with van der Waals surface area (Å²) in [4.78, 5) is 2.40. The maximum Gasteiger partial charge on any atom is 0.0540 e. The van der Waals surface area contributed by atoms with E-state index < -0.39 is 0 Å². The zero-order chi connectivity index (χ0) is 37.6. The average Bonchev–Trinajstić information content (AvgIpc) is 3.50. The fourth-order valence-electron chi connectivity index (χ4n) is 8.77. The Morgan fingerprint density at radius 2 is 0.804 bits per heavy atom. The van der Waals surface area contributed by atoms with Crippen LogP contribution in [0.15, 0.2) is 212 Å². The van der Waals surface area contributed by atoms with E-state index in [4.69, 9.17) is 0 Å². The summed E-state index contributed by atoms with van der Waals surface area (Å²) < 4.78 is 0. The predicted octanol–water partition coefficient (Wildman–Crippen LogP) is 15.3. The van der Waals surface area contributed by atoms with Crippen LogP contribution in [0.25, 0.3) is 66.4 Å². The Hall–Kier alpha value is -6.96. The predicted molar refractivity (Wildman–Crippen MR) is 238 cm³/mol. The van der Waals surface area contributed by atoms with Gasteiger partial charge >= 0.3 is 0 Å². The SMILES string of the molecule is CC1(C)c2ccccc2-c2c(-c3ccc(N(c4ccc(-c5ccc6ccccc6c5)cc4)c4ccccc4-c4ccc(-c5ccccc5)cc4)cc3)cccc21.